The molecule has 1 unspecified atom stereocenters. The van der Waals surface area contributed by atoms with Crippen molar-refractivity contribution in [2.24, 2.45) is 0 Å². The van der Waals surface area contributed by atoms with E-state index in [0.29, 0.717) is 6.04 Å². The van der Waals surface area contributed by atoms with Crippen LogP contribution in [0.3, 0.4) is 0 Å². The van der Waals surface area contributed by atoms with Crippen LogP contribution in [-0.2, 0) is 0 Å². The van der Waals surface area contributed by atoms with Crippen LogP contribution in [0.4, 0.5) is 0 Å². The lowest BCUT2D eigenvalue weighted by atomic mass is 9.99. The summed E-state index contributed by atoms with van der Waals surface area (Å²) >= 11 is 0. The van der Waals surface area contributed by atoms with Crippen LogP contribution >= 0.6 is 0 Å². The maximum Gasteiger partial charge on any atom is 0.138 e. The molecule has 0 fully saturated rings. The van der Waals surface area contributed by atoms with Crippen molar-refractivity contribution >= 4 is 0 Å². The van der Waals surface area contributed by atoms with Gasteiger partial charge in [-0.25, -0.2) is 0 Å². The first-order valence-corrected chi connectivity index (χ1v) is 7.53. The predicted octanol–water partition coefficient (Wildman–Crippen LogP) is 4.21. The lowest BCUT2D eigenvalue weighted by Crippen LogP contribution is -2.15. The fourth-order valence-corrected chi connectivity index (χ4v) is 2.45. The summed E-state index contributed by atoms with van der Waals surface area (Å²) in [6.07, 6.45) is 4.86. The van der Waals surface area contributed by atoms with E-state index in [1.807, 2.05) is 33.2 Å². The molecule has 3 heteroatoms. The molecule has 1 N–H and O–H groups in total. The van der Waals surface area contributed by atoms with E-state index < -0.39 is 0 Å². The number of benzene rings is 1. The van der Waals surface area contributed by atoms with Gasteiger partial charge in [0.2, 0.25) is 0 Å². The SMILES string of the molecule is CCC(NC)c1cccc(-c2cncc(OC(C)C)c2)c1. The molecular formula is C18H24N2O. The second-order valence-corrected chi connectivity index (χ2v) is 5.45. The van der Waals surface area contributed by atoms with Gasteiger partial charge >= 0.3 is 0 Å². The van der Waals surface area contributed by atoms with Crippen molar-refractivity contribution < 1.29 is 4.74 Å². The number of pyridine rings is 1. The minimum atomic E-state index is 0.155. The summed E-state index contributed by atoms with van der Waals surface area (Å²) in [5, 5.41) is 3.34. The molecule has 0 aliphatic heterocycles. The lowest BCUT2D eigenvalue weighted by molar-refractivity contribution is 0.241. The van der Waals surface area contributed by atoms with Gasteiger partial charge in [-0.05, 0) is 50.6 Å². The van der Waals surface area contributed by atoms with Crippen molar-refractivity contribution in [3.63, 3.8) is 0 Å². The second kappa shape index (κ2) is 7.23. The maximum absolute atomic E-state index is 5.72. The number of rotatable bonds is 6. The Morgan fingerprint density at radius 2 is 1.95 bits per heavy atom. The molecule has 3 nitrogen and oxygen atoms in total. The topological polar surface area (TPSA) is 34.2 Å². The summed E-state index contributed by atoms with van der Waals surface area (Å²) in [5.74, 6) is 0.813. The van der Waals surface area contributed by atoms with Gasteiger partial charge in [0.1, 0.15) is 5.75 Å². The zero-order chi connectivity index (χ0) is 15.2. The number of hydrogen-bond donors (Lipinski definition) is 1. The van der Waals surface area contributed by atoms with Crippen molar-refractivity contribution in [1.29, 1.82) is 0 Å². The highest BCUT2D eigenvalue weighted by Crippen LogP contribution is 2.26. The maximum atomic E-state index is 5.72. The zero-order valence-electron chi connectivity index (χ0n) is 13.3. The fraction of sp³-hybridized carbons (Fsp3) is 0.389. The van der Waals surface area contributed by atoms with E-state index in [1.54, 1.807) is 6.20 Å². The predicted molar refractivity (Wildman–Crippen MR) is 87.5 cm³/mol. The average Bonchev–Trinajstić information content (AvgIpc) is 2.48. The van der Waals surface area contributed by atoms with Crippen molar-refractivity contribution in [3.05, 3.63) is 48.3 Å². The molecule has 0 bridgehead atoms. The van der Waals surface area contributed by atoms with Crippen LogP contribution in [0.1, 0.15) is 38.8 Å². The summed E-state index contributed by atoms with van der Waals surface area (Å²) in [5.41, 5.74) is 3.55. The van der Waals surface area contributed by atoms with Crippen LogP contribution in [0.15, 0.2) is 42.7 Å². The molecular weight excluding hydrogens is 260 g/mol. The highest BCUT2D eigenvalue weighted by atomic mass is 16.5. The van der Waals surface area contributed by atoms with Crippen molar-refractivity contribution in [2.45, 2.75) is 39.3 Å². The third-order valence-electron chi connectivity index (χ3n) is 3.46. The van der Waals surface area contributed by atoms with Gasteiger partial charge in [-0.15, -0.1) is 0 Å². The number of hydrogen-bond acceptors (Lipinski definition) is 3. The van der Waals surface area contributed by atoms with E-state index in [4.69, 9.17) is 4.74 Å². The van der Waals surface area contributed by atoms with Gasteiger partial charge in [0.15, 0.2) is 0 Å². The first kappa shape index (κ1) is 15.5. The van der Waals surface area contributed by atoms with Gasteiger partial charge in [-0.3, -0.25) is 4.98 Å². The highest BCUT2D eigenvalue weighted by molar-refractivity contribution is 5.64. The summed E-state index contributed by atoms with van der Waals surface area (Å²) in [6.45, 7) is 6.23. The van der Waals surface area contributed by atoms with Gasteiger partial charge < -0.3 is 10.1 Å². The molecule has 112 valence electrons. The molecule has 0 saturated carbocycles. The molecule has 0 amide bonds. The van der Waals surface area contributed by atoms with E-state index in [9.17, 15) is 0 Å². The smallest absolute Gasteiger partial charge is 0.138 e. The third kappa shape index (κ3) is 4.05. The number of nitrogens with one attached hydrogen (secondary N) is 1. The van der Waals surface area contributed by atoms with Crippen LogP contribution in [0, 0.1) is 0 Å². The van der Waals surface area contributed by atoms with Crippen LogP contribution in [0.2, 0.25) is 0 Å². The quantitative estimate of drug-likeness (QED) is 0.863. The molecule has 0 aliphatic rings. The molecule has 0 aliphatic carbocycles. The Hall–Kier alpha value is -1.87. The monoisotopic (exact) mass is 284 g/mol. The number of ether oxygens (including phenoxy) is 1. The highest BCUT2D eigenvalue weighted by Gasteiger charge is 2.08. The van der Waals surface area contributed by atoms with Gasteiger partial charge in [-0.2, -0.15) is 0 Å². The summed E-state index contributed by atoms with van der Waals surface area (Å²) in [7, 11) is 2.00. The van der Waals surface area contributed by atoms with Crippen LogP contribution < -0.4 is 10.1 Å². The van der Waals surface area contributed by atoms with Crippen molar-refractivity contribution in [2.75, 3.05) is 7.05 Å². The van der Waals surface area contributed by atoms with Crippen LogP contribution in [0.25, 0.3) is 11.1 Å². The molecule has 1 aromatic carbocycles. The van der Waals surface area contributed by atoms with Crippen LogP contribution in [-0.4, -0.2) is 18.1 Å². The van der Waals surface area contributed by atoms with Gasteiger partial charge in [-0.1, -0.05) is 25.1 Å². The number of nitrogens with zero attached hydrogens (tertiary/aromatic N) is 1. The Kier molecular flexibility index (Phi) is 5.34. The van der Waals surface area contributed by atoms with Gasteiger partial charge in [0.05, 0.1) is 12.3 Å². The zero-order valence-corrected chi connectivity index (χ0v) is 13.3. The Labute approximate surface area is 127 Å². The number of aromatic nitrogens is 1. The minimum absolute atomic E-state index is 0.155. The molecule has 0 radical (unpaired) electrons. The Morgan fingerprint density at radius 3 is 2.62 bits per heavy atom. The van der Waals surface area contributed by atoms with Crippen LogP contribution in [0.5, 0.6) is 5.75 Å². The molecule has 0 saturated heterocycles. The Balaban J connectivity index is 2.31. The van der Waals surface area contributed by atoms with E-state index >= 15 is 0 Å². The molecule has 21 heavy (non-hydrogen) atoms. The molecule has 2 rings (SSSR count). The summed E-state index contributed by atoms with van der Waals surface area (Å²) in [6, 6.07) is 11.0. The standard InChI is InChI=1S/C18H24N2O/c1-5-18(19-4)15-8-6-7-14(9-15)16-10-17(12-20-11-16)21-13(2)3/h6-13,18-19H,5H2,1-4H3. The Bertz CT molecular complexity index is 577. The largest absolute Gasteiger partial charge is 0.489 e. The first-order chi connectivity index (χ1) is 10.1. The molecule has 1 aromatic heterocycles. The van der Waals surface area contributed by atoms with Crippen molar-refractivity contribution in [3.8, 4) is 16.9 Å². The lowest BCUT2D eigenvalue weighted by Gasteiger charge is -2.16. The van der Waals surface area contributed by atoms with E-state index in [-0.39, 0.29) is 6.10 Å². The molecule has 1 atom stereocenters. The first-order valence-electron chi connectivity index (χ1n) is 7.53. The van der Waals surface area contributed by atoms with E-state index in [0.717, 1.165) is 17.7 Å². The fourth-order valence-electron chi connectivity index (χ4n) is 2.45. The summed E-state index contributed by atoms with van der Waals surface area (Å²) in [4.78, 5) is 4.29. The van der Waals surface area contributed by atoms with E-state index in [1.165, 1.54) is 11.1 Å². The molecule has 0 spiro atoms. The minimum Gasteiger partial charge on any atom is -0.489 e. The third-order valence-corrected chi connectivity index (χ3v) is 3.46. The van der Waals surface area contributed by atoms with E-state index in [2.05, 4.69) is 41.5 Å². The summed E-state index contributed by atoms with van der Waals surface area (Å²) < 4.78 is 5.72. The van der Waals surface area contributed by atoms with Crippen molar-refractivity contribution in [1.82, 2.24) is 10.3 Å². The molecule has 2 aromatic rings. The van der Waals surface area contributed by atoms with Gasteiger partial charge in [0.25, 0.3) is 0 Å². The normalized spacial score (nSPS) is 12.4. The Morgan fingerprint density at radius 1 is 1.14 bits per heavy atom. The second-order valence-electron chi connectivity index (χ2n) is 5.45. The molecule has 1 heterocycles. The van der Waals surface area contributed by atoms with Gasteiger partial charge in [0, 0.05) is 17.8 Å². The average molecular weight is 284 g/mol.